The summed E-state index contributed by atoms with van der Waals surface area (Å²) < 4.78 is 5.68. The average molecular weight is 224 g/mol. The van der Waals surface area contributed by atoms with E-state index >= 15 is 0 Å². The molecule has 0 spiro atoms. The van der Waals surface area contributed by atoms with Crippen LogP contribution in [0.25, 0.3) is 0 Å². The molecule has 1 aliphatic heterocycles. The first-order chi connectivity index (χ1) is 7.83. The molecular weight excluding hydrogens is 204 g/mol. The Hall–Kier alpha value is -0.870. The summed E-state index contributed by atoms with van der Waals surface area (Å²) >= 11 is 0. The molecule has 2 aliphatic rings. The highest BCUT2D eigenvalue weighted by molar-refractivity contribution is 5.78. The van der Waals surface area contributed by atoms with Crippen LogP contribution in [-0.2, 0) is 9.53 Å². The Labute approximate surface area is 96.6 Å². The number of amides is 1. The van der Waals surface area contributed by atoms with E-state index in [1.54, 1.807) is 6.08 Å². The minimum atomic E-state index is 0.196. The van der Waals surface area contributed by atoms with Crippen LogP contribution in [0.15, 0.2) is 12.7 Å². The summed E-state index contributed by atoms with van der Waals surface area (Å²) in [5.74, 6) is 0.196. The van der Waals surface area contributed by atoms with Gasteiger partial charge in [-0.2, -0.15) is 0 Å². The predicted octanol–water partition coefficient (Wildman–Crippen LogP) is 0.542. The van der Waals surface area contributed by atoms with Gasteiger partial charge in [-0.05, 0) is 19.3 Å². The molecule has 4 heteroatoms. The minimum Gasteiger partial charge on any atom is -0.374 e. The second kappa shape index (κ2) is 5.46. The molecule has 0 radical (unpaired) electrons. The molecule has 2 atom stereocenters. The summed E-state index contributed by atoms with van der Waals surface area (Å²) in [5, 5.41) is 3.06. The van der Waals surface area contributed by atoms with Crippen LogP contribution in [-0.4, -0.2) is 49.2 Å². The summed E-state index contributed by atoms with van der Waals surface area (Å²) in [6, 6.07) is 0.326. The van der Waals surface area contributed by atoms with Gasteiger partial charge in [0, 0.05) is 13.1 Å². The lowest BCUT2D eigenvalue weighted by atomic mass is 10.1. The zero-order chi connectivity index (χ0) is 11.4. The predicted molar refractivity (Wildman–Crippen MR) is 62.2 cm³/mol. The van der Waals surface area contributed by atoms with E-state index < -0.39 is 0 Å². The molecule has 16 heavy (non-hydrogen) atoms. The SMILES string of the molecule is C=CCNCC(=O)N1CCOC2CCCC21. The third-order valence-electron chi connectivity index (χ3n) is 3.37. The number of nitrogens with zero attached hydrogens (tertiary/aromatic N) is 1. The molecule has 0 bridgehead atoms. The molecule has 2 unspecified atom stereocenters. The van der Waals surface area contributed by atoms with Crippen LogP contribution in [0.3, 0.4) is 0 Å². The molecule has 2 fully saturated rings. The fourth-order valence-electron chi connectivity index (χ4n) is 2.62. The highest BCUT2D eigenvalue weighted by atomic mass is 16.5. The van der Waals surface area contributed by atoms with E-state index in [0.717, 1.165) is 19.4 Å². The van der Waals surface area contributed by atoms with Crippen molar-refractivity contribution in [3.05, 3.63) is 12.7 Å². The van der Waals surface area contributed by atoms with Gasteiger partial charge < -0.3 is 15.0 Å². The second-order valence-corrected chi connectivity index (χ2v) is 4.41. The van der Waals surface area contributed by atoms with Crippen LogP contribution in [0.1, 0.15) is 19.3 Å². The van der Waals surface area contributed by atoms with Gasteiger partial charge in [0.15, 0.2) is 0 Å². The van der Waals surface area contributed by atoms with Crippen molar-refractivity contribution in [2.24, 2.45) is 0 Å². The zero-order valence-electron chi connectivity index (χ0n) is 9.65. The van der Waals surface area contributed by atoms with Gasteiger partial charge in [0.25, 0.3) is 0 Å². The van der Waals surface area contributed by atoms with Gasteiger partial charge in [-0.1, -0.05) is 6.08 Å². The Balaban J connectivity index is 1.86. The van der Waals surface area contributed by atoms with E-state index in [0.29, 0.717) is 25.7 Å². The van der Waals surface area contributed by atoms with E-state index in [1.165, 1.54) is 6.42 Å². The van der Waals surface area contributed by atoms with E-state index in [-0.39, 0.29) is 12.0 Å². The maximum atomic E-state index is 12.0. The first kappa shape index (κ1) is 11.6. The molecule has 1 saturated heterocycles. The first-order valence-corrected chi connectivity index (χ1v) is 6.05. The molecular formula is C12H20N2O2. The molecule has 0 aromatic rings. The second-order valence-electron chi connectivity index (χ2n) is 4.41. The summed E-state index contributed by atoms with van der Waals surface area (Å²) in [6.07, 6.45) is 5.44. The highest BCUT2D eigenvalue weighted by Crippen LogP contribution is 2.29. The number of fused-ring (bicyclic) bond motifs is 1. The van der Waals surface area contributed by atoms with Crippen LogP contribution >= 0.6 is 0 Å². The average Bonchev–Trinajstić information content (AvgIpc) is 2.76. The quantitative estimate of drug-likeness (QED) is 0.560. The lowest BCUT2D eigenvalue weighted by Gasteiger charge is -2.37. The largest absolute Gasteiger partial charge is 0.374 e. The molecule has 0 aromatic carbocycles. The third kappa shape index (κ3) is 2.44. The van der Waals surface area contributed by atoms with E-state index in [4.69, 9.17) is 4.74 Å². The lowest BCUT2D eigenvalue weighted by molar-refractivity contribution is -0.142. The maximum absolute atomic E-state index is 12.0. The van der Waals surface area contributed by atoms with Crippen LogP contribution in [0.2, 0.25) is 0 Å². The third-order valence-corrected chi connectivity index (χ3v) is 3.37. The Morgan fingerprint density at radius 2 is 2.44 bits per heavy atom. The zero-order valence-corrected chi connectivity index (χ0v) is 9.65. The summed E-state index contributed by atoms with van der Waals surface area (Å²) in [6.45, 7) is 6.15. The van der Waals surface area contributed by atoms with Crippen molar-refractivity contribution in [1.29, 1.82) is 0 Å². The van der Waals surface area contributed by atoms with Crippen molar-refractivity contribution < 1.29 is 9.53 Å². The van der Waals surface area contributed by atoms with Gasteiger partial charge in [0.1, 0.15) is 0 Å². The fraction of sp³-hybridized carbons (Fsp3) is 0.750. The van der Waals surface area contributed by atoms with Gasteiger partial charge in [-0.25, -0.2) is 0 Å². The number of carbonyl (C=O) groups is 1. The molecule has 2 rings (SSSR count). The van der Waals surface area contributed by atoms with Crippen molar-refractivity contribution in [3.8, 4) is 0 Å². The molecule has 1 amide bonds. The number of hydrogen-bond acceptors (Lipinski definition) is 3. The van der Waals surface area contributed by atoms with Gasteiger partial charge in [-0.3, -0.25) is 4.79 Å². The Morgan fingerprint density at radius 1 is 1.56 bits per heavy atom. The van der Waals surface area contributed by atoms with Crippen molar-refractivity contribution >= 4 is 5.91 Å². The maximum Gasteiger partial charge on any atom is 0.236 e. The standard InChI is InChI=1S/C12H20N2O2/c1-2-6-13-9-12(15)14-7-8-16-11-5-3-4-10(11)14/h2,10-11,13H,1,3-9H2. The first-order valence-electron chi connectivity index (χ1n) is 6.05. The number of morpholine rings is 1. The van der Waals surface area contributed by atoms with Gasteiger partial charge in [0.05, 0.1) is 25.3 Å². The Morgan fingerprint density at radius 3 is 3.25 bits per heavy atom. The number of nitrogens with one attached hydrogen (secondary N) is 1. The van der Waals surface area contributed by atoms with Gasteiger partial charge in [-0.15, -0.1) is 6.58 Å². The Kier molecular flexibility index (Phi) is 3.96. The van der Waals surface area contributed by atoms with Crippen molar-refractivity contribution in [1.82, 2.24) is 10.2 Å². The molecule has 90 valence electrons. The molecule has 1 heterocycles. The van der Waals surface area contributed by atoms with E-state index in [1.807, 2.05) is 4.90 Å². The van der Waals surface area contributed by atoms with Crippen LogP contribution in [0.5, 0.6) is 0 Å². The number of ether oxygens (including phenoxy) is 1. The Bertz CT molecular complexity index is 268. The summed E-state index contributed by atoms with van der Waals surface area (Å²) in [4.78, 5) is 14.0. The number of rotatable bonds is 4. The van der Waals surface area contributed by atoms with Crippen LogP contribution in [0.4, 0.5) is 0 Å². The van der Waals surface area contributed by atoms with Crippen LogP contribution in [0, 0.1) is 0 Å². The molecule has 1 saturated carbocycles. The topological polar surface area (TPSA) is 41.6 Å². The summed E-state index contributed by atoms with van der Waals surface area (Å²) in [7, 11) is 0. The number of hydrogen-bond donors (Lipinski definition) is 1. The fourth-order valence-corrected chi connectivity index (χ4v) is 2.62. The smallest absolute Gasteiger partial charge is 0.236 e. The minimum absolute atomic E-state index is 0.196. The summed E-state index contributed by atoms with van der Waals surface area (Å²) in [5.41, 5.74) is 0. The lowest BCUT2D eigenvalue weighted by Crippen LogP contribution is -2.53. The van der Waals surface area contributed by atoms with Gasteiger partial charge >= 0.3 is 0 Å². The van der Waals surface area contributed by atoms with Gasteiger partial charge in [0.2, 0.25) is 5.91 Å². The molecule has 4 nitrogen and oxygen atoms in total. The number of carbonyl (C=O) groups excluding carboxylic acids is 1. The molecule has 1 aliphatic carbocycles. The highest BCUT2D eigenvalue weighted by Gasteiger charge is 2.37. The normalized spacial score (nSPS) is 28.9. The molecule has 1 N–H and O–H groups in total. The van der Waals surface area contributed by atoms with E-state index in [2.05, 4.69) is 11.9 Å². The van der Waals surface area contributed by atoms with Crippen molar-refractivity contribution in [3.63, 3.8) is 0 Å². The molecule has 0 aromatic heterocycles. The van der Waals surface area contributed by atoms with E-state index in [9.17, 15) is 4.79 Å². The van der Waals surface area contributed by atoms with Crippen LogP contribution < -0.4 is 5.32 Å². The van der Waals surface area contributed by atoms with Crippen molar-refractivity contribution in [2.45, 2.75) is 31.4 Å². The van der Waals surface area contributed by atoms with Crippen molar-refractivity contribution in [2.75, 3.05) is 26.2 Å². The monoisotopic (exact) mass is 224 g/mol.